The Kier molecular flexibility index (Phi) is 4.31. The van der Waals surface area contributed by atoms with Gasteiger partial charge in [-0.2, -0.15) is 0 Å². The highest BCUT2D eigenvalue weighted by Gasteiger charge is 2.04. The van der Waals surface area contributed by atoms with Crippen LogP contribution in [0.4, 0.5) is 11.4 Å². The number of aryl methyl sites for hydroxylation is 1. The Morgan fingerprint density at radius 1 is 1.05 bits per heavy atom. The predicted octanol–water partition coefficient (Wildman–Crippen LogP) is 3.73. The van der Waals surface area contributed by atoms with Crippen LogP contribution in [0.2, 0.25) is 0 Å². The third-order valence-electron chi connectivity index (χ3n) is 3.15. The van der Waals surface area contributed by atoms with Crippen LogP contribution in [0.5, 0.6) is 0 Å². The number of amides is 1. The van der Waals surface area contributed by atoms with E-state index in [0.29, 0.717) is 0 Å². The Labute approximate surface area is 119 Å². The number of hydrogen-bond donors (Lipinski definition) is 0. The van der Waals surface area contributed by atoms with Crippen molar-refractivity contribution in [3.8, 4) is 0 Å². The molecule has 0 heterocycles. The Bertz CT molecular complexity index is 612. The first kappa shape index (κ1) is 14.0. The quantitative estimate of drug-likeness (QED) is 0.779. The summed E-state index contributed by atoms with van der Waals surface area (Å²) in [6.07, 6.45) is 1.84. The third kappa shape index (κ3) is 3.54. The van der Waals surface area contributed by atoms with Gasteiger partial charge in [-0.1, -0.05) is 29.8 Å². The summed E-state index contributed by atoms with van der Waals surface area (Å²) in [5.74, 6) is 0.0147. The lowest BCUT2D eigenvalue weighted by Gasteiger charge is -2.14. The molecule has 0 radical (unpaired) electrons. The second-order valence-corrected chi connectivity index (χ2v) is 4.76. The summed E-state index contributed by atoms with van der Waals surface area (Å²) < 4.78 is 0. The van der Waals surface area contributed by atoms with Crippen LogP contribution in [-0.4, -0.2) is 19.2 Å². The van der Waals surface area contributed by atoms with Gasteiger partial charge in [0.1, 0.15) is 0 Å². The standard InChI is InChI=1S/C17H18N2O/c1-13-4-6-15(7-5-13)12-18-16-8-10-17(11-9-16)19(3)14(2)20/h4-12H,1-3H3. The number of nitrogens with zero attached hydrogens (tertiary/aromatic N) is 2. The minimum atomic E-state index is 0.0147. The summed E-state index contributed by atoms with van der Waals surface area (Å²) in [5, 5.41) is 0. The average Bonchev–Trinajstić information content (AvgIpc) is 2.46. The number of benzene rings is 2. The zero-order valence-corrected chi connectivity index (χ0v) is 12.0. The van der Waals surface area contributed by atoms with Crippen molar-refractivity contribution in [3.63, 3.8) is 0 Å². The van der Waals surface area contributed by atoms with Crippen LogP contribution >= 0.6 is 0 Å². The maximum atomic E-state index is 11.3. The van der Waals surface area contributed by atoms with Gasteiger partial charge in [-0.25, -0.2) is 0 Å². The first-order chi connectivity index (χ1) is 9.56. The van der Waals surface area contributed by atoms with Gasteiger partial charge in [0, 0.05) is 25.9 Å². The maximum Gasteiger partial charge on any atom is 0.223 e. The topological polar surface area (TPSA) is 32.7 Å². The molecular formula is C17H18N2O. The van der Waals surface area contributed by atoms with Gasteiger partial charge in [-0.05, 0) is 36.8 Å². The molecule has 1 amide bonds. The monoisotopic (exact) mass is 266 g/mol. The number of anilines is 1. The zero-order valence-electron chi connectivity index (χ0n) is 12.0. The lowest BCUT2D eigenvalue weighted by Crippen LogP contribution is -2.22. The van der Waals surface area contributed by atoms with Gasteiger partial charge < -0.3 is 4.90 Å². The van der Waals surface area contributed by atoms with E-state index in [-0.39, 0.29) is 5.91 Å². The second kappa shape index (κ2) is 6.15. The van der Waals surface area contributed by atoms with E-state index < -0.39 is 0 Å². The van der Waals surface area contributed by atoms with Gasteiger partial charge in [0.2, 0.25) is 5.91 Å². The van der Waals surface area contributed by atoms with E-state index in [0.717, 1.165) is 16.9 Å². The maximum absolute atomic E-state index is 11.3. The van der Waals surface area contributed by atoms with Crippen molar-refractivity contribution >= 4 is 23.5 Å². The minimum Gasteiger partial charge on any atom is -0.316 e. The molecule has 102 valence electrons. The van der Waals surface area contributed by atoms with Crippen LogP contribution in [-0.2, 0) is 4.79 Å². The molecule has 0 aliphatic rings. The van der Waals surface area contributed by atoms with Crippen LogP contribution in [0.1, 0.15) is 18.1 Å². The lowest BCUT2D eigenvalue weighted by atomic mass is 10.2. The summed E-state index contributed by atoms with van der Waals surface area (Å²) in [6, 6.07) is 15.8. The van der Waals surface area contributed by atoms with Gasteiger partial charge in [-0.15, -0.1) is 0 Å². The van der Waals surface area contributed by atoms with Gasteiger partial charge in [0.15, 0.2) is 0 Å². The summed E-state index contributed by atoms with van der Waals surface area (Å²) in [5.41, 5.74) is 4.04. The lowest BCUT2D eigenvalue weighted by molar-refractivity contribution is -0.116. The van der Waals surface area contributed by atoms with E-state index in [1.54, 1.807) is 18.9 Å². The number of rotatable bonds is 3. The molecule has 0 saturated carbocycles. The molecule has 0 bridgehead atoms. The summed E-state index contributed by atoms with van der Waals surface area (Å²) in [6.45, 7) is 3.61. The van der Waals surface area contributed by atoms with Crippen molar-refractivity contribution in [1.29, 1.82) is 0 Å². The number of carbonyl (C=O) groups excluding carboxylic acids is 1. The van der Waals surface area contributed by atoms with Gasteiger partial charge in [0.25, 0.3) is 0 Å². The average molecular weight is 266 g/mol. The first-order valence-electron chi connectivity index (χ1n) is 6.51. The van der Waals surface area contributed by atoms with Crippen molar-refractivity contribution in [2.75, 3.05) is 11.9 Å². The Hall–Kier alpha value is -2.42. The molecule has 0 aromatic heterocycles. The Morgan fingerprint density at radius 2 is 1.65 bits per heavy atom. The highest BCUT2D eigenvalue weighted by atomic mass is 16.2. The second-order valence-electron chi connectivity index (χ2n) is 4.76. The van der Waals surface area contributed by atoms with Crippen LogP contribution in [0.15, 0.2) is 53.5 Å². The predicted molar refractivity (Wildman–Crippen MR) is 84.0 cm³/mol. The van der Waals surface area contributed by atoms with E-state index in [1.807, 2.05) is 42.6 Å². The third-order valence-corrected chi connectivity index (χ3v) is 3.15. The molecule has 0 atom stereocenters. The van der Waals surface area contributed by atoms with E-state index in [1.165, 1.54) is 5.56 Å². The highest BCUT2D eigenvalue weighted by Crippen LogP contribution is 2.19. The number of hydrogen-bond acceptors (Lipinski definition) is 2. The molecule has 3 nitrogen and oxygen atoms in total. The van der Waals surface area contributed by atoms with Crippen molar-refractivity contribution in [1.82, 2.24) is 0 Å². The molecule has 0 fully saturated rings. The number of carbonyl (C=O) groups is 1. The Balaban J connectivity index is 2.10. The smallest absolute Gasteiger partial charge is 0.223 e. The summed E-state index contributed by atoms with van der Waals surface area (Å²) in [4.78, 5) is 17.3. The molecule has 2 rings (SSSR count). The Morgan fingerprint density at radius 3 is 2.20 bits per heavy atom. The fourth-order valence-electron chi connectivity index (χ4n) is 1.75. The molecule has 0 unspecified atom stereocenters. The van der Waals surface area contributed by atoms with E-state index >= 15 is 0 Å². The van der Waals surface area contributed by atoms with Gasteiger partial charge >= 0.3 is 0 Å². The zero-order chi connectivity index (χ0) is 14.5. The van der Waals surface area contributed by atoms with Crippen molar-refractivity contribution in [2.24, 2.45) is 4.99 Å². The van der Waals surface area contributed by atoms with E-state index in [4.69, 9.17) is 0 Å². The molecule has 0 spiro atoms. The van der Waals surface area contributed by atoms with Crippen LogP contribution in [0, 0.1) is 6.92 Å². The minimum absolute atomic E-state index is 0.0147. The van der Waals surface area contributed by atoms with Crippen molar-refractivity contribution < 1.29 is 4.79 Å². The van der Waals surface area contributed by atoms with E-state index in [2.05, 4.69) is 24.0 Å². The first-order valence-corrected chi connectivity index (χ1v) is 6.51. The largest absolute Gasteiger partial charge is 0.316 e. The molecular weight excluding hydrogens is 248 g/mol. The molecule has 20 heavy (non-hydrogen) atoms. The summed E-state index contributed by atoms with van der Waals surface area (Å²) in [7, 11) is 1.76. The fourth-order valence-corrected chi connectivity index (χ4v) is 1.75. The molecule has 2 aromatic carbocycles. The fraction of sp³-hybridized carbons (Fsp3) is 0.176. The SMILES string of the molecule is CC(=O)N(C)c1ccc(N=Cc2ccc(C)cc2)cc1. The van der Waals surface area contributed by atoms with Crippen LogP contribution in [0.25, 0.3) is 0 Å². The van der Waals surface area contributed by atoms with Gasteiger partial charge in [-0.3, -0.25) is 9.79 Å². The molecule has 3 heteroatoms. The molecule has 2 aromatic rings. The van der Waals surface area contributed by atoms with Crippen LogP contribution in [0.3, 0.4) is 0 Å². The molecule has 0 aliphatic heterocycles. The molecule has 0 aliphatic carbocycles. The normalized spacial score (nSPS) is 10.8. The highest BCUT2D eigenvalue weighted by molar-refractivity contribution is 5.91. The van der Waals surface area contributed by atoms with Crippen molar-refractivity contribution in [2.45, 2.75) is 13.8 Å². The van der Waals surface area contributed by atoms with Crippen molar-refractivity contribution in [3.05, 3.63) is 59.7 Å². The van der Waals surface area contributed by atoms with Crippen LogP contribution < -0.4 is 4.90 Å². The molecule has 0 saturated heterocycles. The summed E-state index contributed by atoms with van der Waals surface area (Å²) >= 11 is 0. The molecule has 0 N–H and O–H groups in total. The van der Waals surface area contributed by atoms with E-state index in [9.17, 15) is 4.79 Å². The number of aliphatic imine (C=N–C) groups is 1. The van der Waals surface area contributed by atoms with Gasteiger partial charge in [0.05, 0.1) is 5.69 Å².